The lowest BCUT2D eigenvalue weighted by Crippen LogP contribution is -2.32. The lowest BCUT2D eigenvalue weighted by molar-refractivity contribution is 0.0786. The number of carbonyl (C=O) groups is 1. The number of rotatable bonds is 4. The molecule has 1 saturated heterocycles. The van der Waals surface area contributed by atoms with Crippen LogP contribution in [0.15, 0.2) is 35.2 Å². The molecule has 110 valence electrons. The summed E-state index contributed by atoms with van der Waals surface area (Å²) >= 11 is 1.53. The van der Waals surface area contributed by atoms with Crippen molar-refractivity contribution in [2.24, 2.45) is 5.73 Å². The second-order valence-electron chi connectivity index (χ2n) is 5.06. The Morgan fingerprint density at radius 3 is 3.05 bits per heavy atom. The van der Waals surface area contributed by atoms with Crippen LogP contribution < -0.4 is 10.5 Å². The molecule has 0 spiro atoms. The Morgan fingerprint density at radius 1 is 1.48 bits per heavy atom. The molecular formula is C15H17N3O2S. The highest BCUT2D eigenvalue weighted by Crippen LogP contribution is 2.23. The van der Waals surface area contributed by atoms with Crippen LogP contribution >= 0.6 is 11.3 Å². The van der Waals surface area contributed by atoms with Gasteiger partial charge >= 0.3 is 0 Å². The van der Waals surface area contributed by atoms with E-state index in [1.807, 2.05) is 23.6 Å². The number of para-hydroxylation sites is 1. The molecule has 1 aromatic heterocycles. The number of amides is 1. The lowest BCUT2D eigenvalue weighted by Gasteiger charge is -2.18. The molecule has 2 aromatic rings. The van der Waals surface area contributed by atoms with Crippen molar-refractivity contribution in [1.29, 1.82) is 0 Å². The van der Waals surface area contributed by atoms with Crippen molar-refractivity contribution in [3.05, 3.63) is 46.4 Å². The van der Waals surface area contributed by atoms with Crippen LogP contribution in [0.2, 0.25) is 0 Å². The molecule has 1 amide bonds. The minimum Gasteiger partial charge on any atom is -0.486 e. The topological polar surface area (TPSA) is 68.5 Å². The maximum atomic E-state index is 12.6. The zero-order chi connectivity index (χ0) is 14.7. The highest BCUT2D eigenvalue weighted by molar-refractivity contribution is 7.07. The lowest BCUT2D eigenvalue weighted by atomic mass is 10.1. The second-order valence-corrected chi connectivity index (χ2v) is 5.78. The van der Waals surface area contributed by atoms with Crippen molar-refractivity contribution in [3.8, 4) is 5.75 Å². The predicted octanol–water partition coefficient (Wildman–Crippen LogP) is 1.90. The first-order valence-corrected chi connectivity index (χ1v) is 7.82. The molecule has 2 heterocycles. The largest absolute Gasteiger partial charge is 0.486 e. The molecular weight excluding hydrogens is 286 g/mol. The zero-order valence-electron chi connectivity index (χ0n) is 11.6. The van der Waals surface area contributed by atoms with Crippen molar-refractivity contribution in [2.75, 3.05) is 13.1 Å². The van der Waals surface area contributed by atoms with Crippen LogP contribution in [0.5, 0.6) is 5.75 Å². The van der Waals surface area contributed by atoms with Crippen molar-refractivity contribution in [3.63, 3.8) is 0 Å². The van der Waals surface area contributed by atoms with Gasteiger partial charge in [0.1, 0.15) is 12.4 Å². The van der Waals surface area contributed by atoms with Crippen LogP contribution in [0.1, 0.15) is 22.5 Å². The molecule has 0 radical (unpaired) electrons. The Balaban J connectivity index is 1.74. The van der Waals surface area contributed by atoms with Gasteiger partial charge in [-0.25, -0.2) is 4.98 Å². The SMILES string of the molecule is N[C@@H]1CCN(C(=O)c2ccccc2OCc2cscn2)C1. The van der Waals surface area contributed by atoms with Crippen LogP contribution in [0.4, 0.5) is 0 Å². The van der Waals surface area contributed by atoms with Gasteiger partial charge in [0.2, 0.25) is 0 Å². The molecule has 1 atom stereocenters. The van der Waals surface area contributed by atoms with E-state index in [4.69, 9.17) is 10.5 Å². The fraction of sp³-hybridized carbons (Fsp3) is 0.333. The molecule has 2 N–H and O–H groups in total. The molecule has 0 aliphatic carbocycles. The molecule has 0 saturated carbocycles. The predicted molar refractivity (Wildman–Crippen MR) is 81.4 cm³/mol. The smallest absolute Gasteiger partial charge is 0.257 e. The van der Waals surface area contributed by atoms with E-state index in [-0.39, 0.29) is 11.9 Å². The molecule has 1 fully saturated rings. The first-order valence-electron chi connectivity index (χ1n) is 6.88. The van der Waals surface area contributed by atoms with Crippen molar-refractivity contribution in [1.82, 2.24) is 9.88 Å². The van der Waals surface area contributed by atoms with E-state index in [0.717, 1.165) is 12.1 Å². The summed E-state index contributed by atoms with van der Waals surface area (Å²) in [6.45, 7) is 1.69. The minimum absolute atomic E-state index is 0.0168. The summed E-state index contributed by atoms with van der Waals surface area (Å²) in [6, 6.07) is 7.40. The van der Waals surface area contributed by atoms with Gasteiger partial charge in [-0.3, -0.25) is 4.79 Å². The zero-order valence-corrected chi connectivity index (χ0v) is 12.4. The van der Waals surface area contributed by atoms with Crippen LogP contribution in [0.3, 0.4) is 0 Å². The Labute approximate surface area is 127 Å². The number of hydrogen-bond donors (Lipinski definition) is 1. The van der Waals surface area contributed by atoms with Gasteiger partial charge in [-0.15, -0.1) is 11.3 Å². The van der Waals surface area contributed by atoms with Crippen LogP contribution in [0, 0.1) is 0 Å². The molecule has 6 heteroatoms. The van der Waals surface area contributed by atoms with E-state index < -0.39 is 0 Å². The summed E-state index contributed by atoms with van der Waals surface area (Å²) in [5.41, 5.74) is 9.09. The first kappa shape index (κ1) is 14.0. The van der Waals surface area contributed by atoms with Crippen LogP contribution in [-0.4, -0.2) is 34.9 Å². The highest BCUT2D eigenvalue weighted by Gasteiger charge is 2.26. The van der Waals surface area contributed by atoms with Gasteiger partial charge in [0.25, 0.3) is 5.91 Å². The first-order chi connectivity index (χ1) is 10.2. The molecule has 1 aliphatic rings. The average molecular weight is 303 g/mol. The maximum absolute atomic E-state index is 12.6. The fourth-order valence-corrected chi connectivity index (χ4v) is 2.91. The fourth-order valence-electron chi connectivity index (χ4n) is 2.37. The van der Waals surface area contributed by atoms with E-state index >= 15 is 0 Å². The van der Waals surface area contributed by atoms with Gasteiger partial charge in [-0.1, -0.05) is 12.1 Å². The molecule has 1 aliphatic heterocycles. The molecule has 21 heavy (non-hydrogen) atoms. The van der Waals surface area contributed by atoms with E-state index in [1.54, 1.807) is 16.5 Å². The maximum Gasteiger partial charge on any atom is 0.257 e. The Bertz CT molecular complexity index is 615. The number of hydrogen-bond acceptors (Lipinski definition) is 5. The number of aromatic nitrogens is 1. The highest BCUT2D eigenvalue weighted by atomic mass is 32.1. The quantitative estimate of drug-likeness (QED) is 0.936. The van der Waals surface area contributed by atoms with Gasteiger partial charge in [0, 0.05) is 24.5 Å². The van der Waals surface area contributed by atoms with E-state index in [1.165, 1.54) is 11.3 Å². The number of nitrogens with zero attached hydrogens (tertiary/aromatic N) is 2. The van der Waals surface area contributed by atoms with E-state index in [2.05, 4.69) is 4.98 Å². The van der Waals surface area contributed by atoms with E-state index in [9.17, 15) is 4.79 Å². The van der Waals surface area contributed by atoms with Gasteiger partial charge < -0.3 is 15.4 Å². The standard InChI is InChI=1S/C15H17N3O2S/c16-11-5-6-18(7-11)15(19)13-3-1-2-4-14(13)20-8-12-9-21-10-17-12/h1-4,9-11H,5-8,16H2/t11-/m1/s1. The number of thiazole rings is 1. The third-order valence-electron chi connectivity index (χ3n) is 3.49. The minimum atomic E-state index is -0.0168. The van der Waals surface area contributed by atoms with Gasteiger partial charge in [0.05, 0.1) is 16.8 Å². The normalized spacial score (nSPS) is 18.0. The summed E-state index contributed by atoms with van der Waals surface area (Å²) in [7, 11) is 0. The summed E-state index contributed by atoms with van der Waals surface area (Å²) in [5.74, 6) is 0.577. The molecule has 1 aromatic carbocycles. The number of ether oxygens (including phenoxy) is 1. The summed E-state index contributed by atoms with van der Waals surface area (Å²) in [5, 5.41) is 1.93. The van der Waals surface area contributed by atoms with Gasteiger partial charge in [-0.05, 0) is 18.6 Å². The van der Waals surface area contributed by atoms with Crippen molar-refractivity contribution < 1.29 is 9.53 Å². The molecule has 0 bridgehead atoms. The third-order valence-corrected chi connectivity index (χ3v) is 4.12. The molecule has 5 nitrogen and oxygen atoms in total. The Morgan fingerprint density at radius 2 is 2.33 bits per heavy atom. The monoisotopic (exact) mass is 303 g/mol. The number of nitrogens with two attached hydrogens (primary N) is 1. The average Bonchev–Trinajstić information content (AvgIpc) is 3.16. The van der Waals surface area contributed by atoms with Crippen LogP contribution in [0.25, 0.3) is 0 Å². The number of likely N-dealkylation sites (tertiary alicyclic amines) is 1. The molecule has 3 rings (SSSR count). The number of benzene rings is 1. The summed E-state index contributed by atoms with van der Waals surface area (Å²) in [6.07, 6.45) is 0.855. The summed E-state index contributed by atoms with van der Waals surface area (Å²) in [4.78, 5) is 18.5. The van der Waals surface area contributed by atoms with Crippen LogP contribution in [-0.2, 0) is 6.61 Å². The Hall–Kier alpha value is -1.92. The van der Waals surface area contributed by atoms with E-state index in [0.29, 0.717) is 31.0 Å². The second kappa shape index (κ2) is 6.24. The Kier molecular flexibility index (Phi) is 4.17. The summed E-state index contributed by atoms with van der Waals surface area (Å²) < 4.78 is 5.75. The van der Waals surface area contributed by atoms with Crippen molar-refractivity contribution in [2.45, 2.75) is 19.1 Å². The third kappa shape index (κ3) is 3.22. The number of carbonyl (C=O) groups excluding carboxylic acids is 1. The van der Waals surface area contributed by atoms with Gasteiger partial charge in [0.15, 0.2) is 0 Å². The molecule has 0 unspecified atom stereocenters. The van der Waals surface area contributed by atoms with Gasteiger partial charge in [-0.2, -0.15) is 0 Å². The van der Waals surface area contributed by atoms with Crippen molar-refractivity contribution >= 4 is 17.2 Å².